The van der Waals surface area contributed by atoms with E-state index in [9.17, 15) is 14.0 Å². The van der Waals surface area contributed by atoms with Crippen LogP contribution in [0.4, 0.5) is 10.1 Å². The zero-order valence-corrected chi connectivity index (χ0v) is 16.9. The molecule has 1 aromatic heterocycles. The van der Waals surface area contributed by atoms with Crippen LogP contribution in [0.15, 0.2) is 72.6 Å². The highest BCUT2D eigenvalue weighted by Crippen LogP contribution is 2.28. The lowest BCUT2D eigenvalue weighted by molar-refractivity contribution is -0.122. The first-order valence-corrected chi connectivity index (χ1v) is 9.59. The number of thiocarbonyl (C=S) groups is 1. The van der Waals surface area contributed by atoms with Crippen LogP contribution in [0.2, 0.25) is 5.02 Å². The Balaban J connectivity index is 1.77. The second kappa shape index (κ2) is 8.14. The topological polar surface area (TPSA) is 62.3 Å². The highest BCUT2D eigenvalue weighted by Gasteiger charge is 2.34. The fourth-order valence-electron chi connectivity index (χ4n) is 3.05. The van der Waals surface area contributed by atoms with Gasteiger partial charge in [-0.3, -0.25) is 24.8 Å². The Morgan fingerprint density at radius 3 is 2.43 bits per heavy atom. The Labute approximate surface area is 181 Å². The number of aromatic nitrogens is 1. The fourth-order valence-corrected chi connectivity index (χ4v) is 3.46. The minimum Gasteiger partial charge on any atom is -0.298 e. The Bertz CT molecular complexity index is 1190. The molecule has 0 aliphatic carbocycles. The molecule has 8 heteroatoms. The largest absolute Gasteiger partial charge is 0.298 e. The SMILES string of the molecule is O=C1NC(=S)N(c2ccc(Cl)cc2)C(=O)/C1=C/c1cnccc1-c1ccc(F)cc1. The quantitative estimate of drug-likeness (QED) is 0.375. The van der Waals surface area contributed by atoms with E-state index in [1.807, 2.05) is 0 Å². The van der Waals surface area contributed by atoms with Crippen LogP contribution >= 0.6 is 23.8 Å². The highest BCUT2D eigenvalue weighted by atomic mass is 35.5. The van der Waals surface area contributed by atoms with Gasteiger partial charge in [0.25, 0.3) is 11.8 Å². The first-order valence-electron chi connectivity index (χ1n) is 8.81. The van der Waals surface area contributed by atoms with Crippen molar-refractivity contribution in [1.29, 1.82) is 0 Å². The Kier molecular flexibility index (Phi) is 5.39. The average molecular weight is 438 g/mol. The molecular formula is C22H13ClFN3O2S. The number of halogens is 2. The number of benzene rings is 2. The molecule has 0 atom stereocenters. The number of carbonyl (C=O) groups is 2. The van der Waals surface area contributed by atoms with E-state index < -0.39 is 11.8 Å². The molecule has 0 spiro atoms. The third-order valence-corrected chi connectivity index (χ3v) is 5.03. The van der Waals surface area contributed by atoms with Gasteiger partial charge in [-0.2, -0.15) is 0 Å². The van der Waals surface area contributed by atoms with Crippen LogP contribution in [0.3, 0.4) is 0 Å². The Morgan fingerprint density at radius 2 is 1.73 bits per heavy atom. The van der Waals surface area contributed by atoms with Crippen molar-refractivity contribution < 1.29 is 14.0 Å². The summed E-state index contributed by atoms with van der Waals surface area (Å²) in [6.07, 6.45) is 4.57. The lowest BCUT2D eigenvalue weighted by atomic mass is 9.99. The van der Waals surface area contributed by atoms with Gasteiger partial charge in [-0.05, 0) is 71.9 Å². The van der Waals surface area contributed by atoms with Crippen LogP contribution < -0.4 is 10.2 Å². The first-order chi connectivity index (χ1) is 14.4. The van der Waals surface area contributed by atoms with Gasteiger partial charge < -0.3 is 0 Å². The third-order valence-electron chi connectivity index (χ3n) is 4.49. The number of rotatable bonds is 3. The summed E-state index contributed by atoms with van der Waals surface area (Å²) in [5, 5.41) is 3.02. The van der Waals surface area contributed by atoms with E-state index in [1.54, 1.807) is 48.7 Å². The van der Waals surface area contributed by atoms with Crippen LogP contribution in [-0.4, -0.2) is 21.9 Å². The maximum Gasteiger partial charge on any atom is 0.270 e. The average Bonchev–Trinajstić information content (AvgIpc) is 2.73. The summed E-state index contributed by atoms with van der Waals surface area (Å²) >= 11 is 11.1. The van der Waals surface area contributed by atoms with Crippen molar-refractivity contribution in [2.75, 3.05) is 4.90 Å². The number of hydrogen-bond acceptors (Lipinski definition) is 4. The van der Waals surface area contributed by atoms with Crippen LogP contribution in [0.25, 0.3) is 17.2 Å². The van der Waals surface area contributed by atoms with Gasteiger partial charge in [0.15, 0.2) is 5.11 Å². The number of nitrogens with zero attached hydrogens (tertiary/aromatic N) is 2. The maximum absolute atomic E-state index is 13.3. The van der Waals surface area contributed by atoms with Gasteiger partial charge in [0.05, 0.1) is 5.69 Å². The molecule has 148 valence electrons. The molecule has 0 unspecified atom stereocenters. The van der Waals surface area contributed by atoms with Crippen LogP contribution in [0.5, 0.6) is 0 Å². The molecule has 0 bridgehead atoms. The second-order valence-electron chi connectivity index (χ2n) is 6.40. The van der Waals surface area contributed by atoms with Crippen molar-refractivity contribution in [1.82, 2.24) is 10.3 Å². The summed E-state index contributed by atoms with van der Waals surface area (Å²) in [5.74, 6) is -1.54. The summed E-state index contributed by atoms with van der Waals surface area (Å²) in [5.41, 5.74) is 2.33. The third kappa shape index (κ3) is 3.85. The van der Waals surface area contributed by atoms with Crippen molar-refractivity contribution in [2.45, 2.75) is 0 Å². The molecule has 0 radical (unpaired) electrons. The van der Waals surface area contributed by atoms with Gasteiger partial charge in [-0.1, -0.05) is 23.7 Å². The van der Waals surface area contributed by atoms with E-state index in [0.29, 0.717) is 21.8 Å². The van der Waals surface area contributed by atoms with Crippen LogP contribution in [0.1, 0.15) is 5.56 Å². The van der Waals surface area contributed by atoms with Crippen molar-refractivity contribution >= 4 is 52.5 Å². The van der Waals surface area contributed by atoms with Crippen LogP contribution in [-0.2, 0) is 9.59 Å². The molecule has 1 fully saturated rings. The van der Waals surface area contributed by atoms with Crippen molar-refractivity contribution in [3.05, 3.63) is 89.0 Å². The molecule has 5 nitrogen and oxygen atoms in total. The summed E-state index contributed by atoms with van der Waals surface area (Å²) in [7, 11) is 0. The van der Waals surface area contributed by atoms with Gasteiger partial charge >= 0.3 is 0 Å². The maximum atomic E-state index is 13.3. The number of anilines is 1. The molecule has 1 aliphatic heterocycles. The number of amides is 2. The van der Waals surface area contributed by atoms with Crippen molar-refractivity contribution in [3.8, 4) is 11.1 Å². The fraction of sp³-hybridized carbons (Fsp3) is 0. The first kappa shape index (κ1) is 19.9. The number of carbonyl (C=O) groups excluding carboxylic acids is 2. The zero-order chi connectivity index (χ0) is 21.3. The van der Waals surface area contributed by atoms with E-state index in [4.69, 9.17) is 23.8 Å². The summed E-state index contributed by atoms with van der Waals surface area (Å²) < 4.78 is 13.3. The molecule has 2 heterocycles. The molecule has 30 heavy (non-hydrogen) atoms. The van der Waals surface area contributed by atoms with Crippen LogP contribution in [0, 0.1) is 5.82 Å². The molecule has 0 saturated carbocycles. The zero-order valence-electron chi connectivity index (χ0n) is 15.3. The monoisotopic (exact) mass is 437 g/mol. The van der Waals surface area contributed by atoms with E-state index in [0.717, 1.165) is 5.56 Å². The molecule has 2 amide bonds. The van der Waals surface area contributed by atoms with Gasteiger partial charge in [0.1, 0.15) is 11.4 Å². The molecule has 1 aliphatic rings. The minimum atomic E-state index is -0.607. The number of nitrogens with one attached hydrogen (secondary N) is 1. The van der Waals surface area contributed by atoms with Crippen molar-refractivity contribution in [3.63, 3.8) is 0 Å². The molecular weight excluding hydrogens is 425 g/mol. The number of pyridine rings is 1. The predicted octanol–water partition coefficient (Wildman–Crippen LogP) is 4.37. The highest BCUT2D eigenvalue weighted by molar-refractivity contribution is 7.80. The van der Waals surface area contributed by atoms with Gasteiger partial charge in [0, 0.05) is 23.0 Å². The summed E-state index contributed by atoms with van der Waals surface area (Å²) in [6, 6.07) is 14.2. The summed E-state index contributed by atoms with van der Waals surface area (Å²) in [6.45, 7) is 0. The predicted molar refractivity (Wildman–Crippen MR) is 117 cm³/mol. The standard InChI is InChI=1S/C22H13ClFN3O2S/c23-15-3-7-17(8-4-15)27-21(29)19(20(28)26-22(27)30)11-14-12-25-10-9-18(14)13-1-5-16(24)6-2-13/h1-12H,(H,26,28,30)/b19-11+. The molecule has 2 aromatic carbocycles. The molecule has 1 saturated heterocycles. The lowest BCUT2D eigenvalue weighted by Crippen LogP contribution is -2.54. The van der Waals surface area contributed by atoms with E-state index in [2.05, 4.69) is 10.3 Å². The molecule has 3 aromatic rings. The Morgan fingerprint density at radius 1 is 1.03 bits per heavy atom. The van der Waals surface area contributed by atoms with E-state index in [1.165, 1.54) is 29.3 Å². The van der Waals surface area contributed by atoms with Gasteiger partial charge in [0.2, 0.25) is 0 Å². The molecule has 4 rings (SSSR count). The normalized spacial score (nSPS) is 15.5. The smallest absolute Gasteiger partial charge is 0.270 e. The van der Waals surface area contributed by atoms with E-state index in [-0.39, 0.29) is 16.5 Å². The van der Waals surface area contributed by atoms with E-state index >= 15 is 0 Å². The second-order valence-corrected chi connectivity index (χ2v) is 7.23. The van der Waals surface area contributed by atoms with Gasteiger partial charge in [-0.15, -0.1) is 0 Å². The minimum absolute atomic E-state index is 0.0191. The summed E-state index contributed by atoms with van der Waals surface area (Å²) in [4.78, 5) is 31.0. The lowest BCUT2D eigenvalue weighted by Gasteiger charge is -2.29. The Hall–Kier alpha value is -3.42. The van der Waals surface area contributed by atoms with Crippen molar-refractivity contribution in [2.24, 2.45) is 0 Å². The van der Waals surface area contributed by atoms with Gasteiger partial charge in [-0.25, -0.2) is 4.39 Å². The molecule has 1 N–H and O–H groups in total. The number of hydrogen-bond donors (Lipinski definition) is 1.